The number of hydrogen-bond acceptors (Lipinski definition) is 3. The minimum absolute atomic E-state index is 0.590. The number of para-hydroxylation sites is 1. The minimum atomic E-state index is -3.22. The molecule has 4 heteroatoms. The van der Waals surface area contributed by atoms with Gasteiger partial charge in [-0.3, -0.25) is 0 Å². The van der Waals surface area contributed by atoms with Crippen molar-refractivity contribution in [3.8, 4) is 5.75 Å². The monoisotopic (exact) mass is 409 g/mol. The van der Waals surface area contributed by atoms with Crippen LogP contribution < -0.4 is 20.8 Å². The molecule has 0 atom stereocenters. The van der Waals surface area contributed by atoms with E-state index < -0.39 is 7.14 Å². The van der Waals surface area contributed by atoms with Crippen molar-refractivity contribution in [3.05, 3.63) is 103 Å². The second-order valence-corrected chi connectivity index (χ2v) is 9.82. The Bertz CT molecular complexity index is 1360. The highest BCUT2D eigenvalue weighted by atomic mass is 31.2. The highest BCUT2D eigenvalue weighted by Crippen LogP contribution is 2.44. The lowest BCUT2D eigenvalue weighted by molar-refractivity contribution is 0.415. The average molecular weight is 409 g/mol. The molecule has 0 saturated heterocycles. The summed E-state index contributed by atoms with van der Waals surface area (Å²) in [5.74, 6) is 0.716. The van der Waals surface area contributed by atoms with Gasteiger partial charge in [0.2, 0.25) is 0 Å². The quantitative estimate of drug-likeness (QED) is 0.309. The van der Waals surface area contributed by atoms with Crippen molar-refractivity contribution in [2.75, 3.05) is 7.11 Å². The van der Waals surface area contributed by atoms with Crippen LogP contribution in [0.4, 0.5) is 0 Å². The molecule has 5 aromatic rings. The number of benzene rings is 4. The fraction of sp³-hybridized carbons (Fsp3) is 0.0385. The molecule has 0 unspecified atom stereocenters. The lowest BCUT2D eigenvalue weighted by Crippen LogP contribution is -2.27. The van der Waals surface area contributed by atoms with Gasteiger partial charge in [0.05, 0.1) is 12.6 Å². The first-order valence-corrected chi connectivity index (χ1v) is 11.5. The van der Waals surface area contributed by atoms with Crippen LogP contribution in [-0.2, 0) is 4.57 Å². The fourth-order valence-electron chi connectivity index (χ4n) is 3.95. The van der Waals surface area contributed by atoms with Gasteiger partial charge in [0.15, 0.2) is 7.14 Å². The van der Waals surface area contributed by atoms with Crippen LogP contribution in [0.15, 0.2) is 103 Å². The summed E-state index contributed by atoms with van der Waals surface area (Å²) in [6, 6.07) is 33.2. The van der Waals surface area contributed by atoms with Crippen molar-refractivity contribution in [1.29, 1.82) is 0 Å². The first-order valence-electron chi connectivity index (χ1n) is 9.80. The highest BCUT2D eigenvalue weighted by molar-refractivity contribution is 7.85. The van der Waals surface area contributed by atoms with Crippen LogP contribution in [0.25, 0.3) is 21.7 Å². The molecule has 0 radical (unpaired) electrons. The maximum atomic E-state index is 15.0. The van der Waals surface area contributed by atoms with E-state index in [0.717, 1.165) is 32.3 Å². The number of nitrogens with zero attached hydrogens (tertiary/aromatic N) is 1. The number of hydrogen-bond donors (Lipinski definition) is 0. The Kier molecular flexibility index (Phi) is 4.61. The van der Waals surface area contributed by atoms with Crippen molar-refractivity contribution in [2.45, 2.75) is 0 Å². The number of ether oxygens (including phenoxy) is 1. The maximum absolute atomic E-state index is 15.0. The molecule has 0 saturated carbocycles. The zero-order valence-corrected chi connectivity index (χ0v) is 17.4. The van der Waals surface area contributed by atoms with Crippen LogP contribution in [0.5, 0.6) is 5.75 Å². The predicted molar refractivity (Wildman–Crippen MR) is 125 cm³/mol. The number of methoxy groups -OCH3 is 1. The standard InChI is InChI=1S/C26H20NO2P/c1-29-19-16-17-22-23-14-8-9-15-25(23)27-26(24(22)18-19)30(28,20-10-4-2-5-11-20)21-12-6-3-7-13-21/h2-18H,1H3. The summed E-state index contributed by atoms with van der Waals surface area (Å²) in [4.78, 5) is 4.98. The summed E-state index contributed by atoms with van der Waals surface area (Å²) in [5, 5.41) is 4.44. The fourth-order valence-corrected chi connectivity index (χ4v) is 6.70. The van der Waals surface area contributed by atoms with Gasteiger partial charge in [-0.15, -0.1) is 0 Å². The van der Waals surface area contributed by atoms with Crippen LogP contribution in [-0.4, -0.2) is 12.1 Å². The van der Waals surface area contributed by atoms with E-state index in [-0.39, 0.29) is 0 Å². The summed E-state index contributed by atoms with van der Waals surface area (Å²) in [6.07, 6.45) is 0. The first kappa shape index (κ1) is 18.6. The Balaban J connectivity index is 1.96. The molecule has 0 bridgehead atoms. The normalized spacial score (nSPS) is 11.6. The number of aromatic nitrogens is 1. The molecular weight excluding hydrogens is 389 g/mol. The summed E-state index contributed by atoms with van der Waals surface area (Å²) >= 11 is 0. The highest BCUT2D eigenvalue weighted by Gasteiger charge is 2.33. The lowest BCUT2D eigenvalue weighted by Gasteiger charge is -2.21. The maximum Gasteiger partial charge on any atom is 0.189 e. The Labute approximate surface area is 175 Å². The van der Waals surface area contributed by atoms with Crippen LogP contribution in [0.1, 0.15) is 0 Å². The molecule has 30 heavy (non-hydrogen) atoms. The zero-order valence-electron chi connectivity index (χ0n) is 16.5. The third-order valence-corrected chi connectivity index (χ3v) is 8.41. The largest absolute Gasteiger partial charge is 0.497 e. The van der Waals surface area contributed by atoms with Gasteiger partial charge in [0, 0.05) is 21.4 Å². The lowest BCUT2D eigenvalue weighted by atomic mass is 10.1. The van der Waals surface area contributed by atoms with E-state index in [1.54, 1.807) is 7.11 Å². The molecule has 0 aliphatic carbocycles. The predicted octanol–water partition coefficient (Wildman–Crippen LogP) is 5.04. The molecule has 0 aliphatic heterocycles. The van der Waals surface area contributed by atoms with Crippen molar-refractivity contribution in [3.63, 3.8) is 0 Å². The topological polar surface area (TPSA) is 39.2 Å². The summed E-state index contributed by atoms with van der Waals surface area (Å²) in [6.45, 7) is 0. The molecule has 0 amide bonds. The SMILES string of the molecule is COc1ccc2c(c1)c(P(=O)(c1ccccc1)c1ccccc1)nc1ccccc12. The Morgan fingerprint density at radius 3 is 1.90 bits per heavy atom. The molecule has 1 heterocycles. The molecule has 0 aliphatic rings. The molecule has 5 rings (SSSR count). The van der Waals surface area contributed by atoms with Gasteiger partial charge >= 0.3 is 0 Å². The Morgan fingerprint density at radius 1 is 0.667 bits per heavy atom. The Hall–Kier alpha value is -3.42. The van der Waals surface area contributed by atoms with Gasteiger partial charge < -0.3 is 9.30 Å². The van der Waals surface area contributed by atoms with E-state index >= 15 is 0 Å². The van der Waals surface area contributed by atoms with Gasteiger partial charge in [-0.2, -0.15) is 0 Å². The third kappa shape index (κ3) is 2.91. The molecule has 0 spiro atoms. The first-order chi connectivity index (χ1) is 14.7. The van der Waals surface area contributed by atoms with E-state index in [0.29, 0.717) is 11.2 Å². The van der Waals surface area contributed by atoms with Crippen molar-refractivity contribution in [2.24, 2.45) is 0 Å². The zero-order chi connectivity index (χ0) is 20.6. The molecule has 146 valence electrons. The molecular formula is C26H20NO2P. The van der Waals surface area contributed by atoms with E-state index in [2.05, 4.69) is 6.07 Å². The van der Waals surface area contributed by atoms with Crippen LogP contribution in [0.3, 0.4) is 0 Å². The Morgan fingerprint density at radius 2 is 1.27 bits per heavy atom. The second-order valence-electron chi connectivity index (χ2n) is 7.14. The molecule has 3 nitrogen and oxygen atoms in total. The number of fused-ring (bicyclic) bond motifs is 3. The number of rotatable bonds is 4. The molecule has 0 fully saturated rings. The van der Waals surface area contributed by atoms with E-state index in [9.17, 15) is 4.57 Å². The van der Waals surface area contributed by atoms with Crippen molar-refractivity contribution in [1.82, 2.24) is 4.98 Å². The third-order valence-electron chi connectivity index (χ3n) is 5.43. The van der Waals surface area contributed by atoms with Gasteiger partial charge in [0.1, 0.15) is 11.2 Å². The van der Waals surface area contributed by atoms with Crippen LogP contribution >= 0.6 is 7.14 Å². The van der Waals surface area contributed by atoms with Crippen LogP contribution in [0.2, 0.25) is 0 Å². The second kappa shape index (κ2) is 7.44. The van der Waals surface area contributed by atoms with Crippen LogP contribution in [0, 0.1) is 0 Å². The average Bonchev–Trinajstić information content (AvgIpc) is 2.83. The smallest absolute Gasteiger partial charge is 0.189 e. The number of pyridine rings is 1. The molecule has 4 aromatic carbocycles. The molecule has 1 aromatic heterocycles. The molecule has 0 N–H and O–H groups in total. The van der Waals surface area contributed by atoms with Gasteiger partial charge in [-0.25, -0.2) is 4.98 Å². The van der Waals surface area contributed by atoms with Gasteiger partial charge in [0.25, 0.3) is 0 Å². The summed E-state index contributed by atoms with van der Waals surface area (Å²) in [5.41, 5.74) is 1.42. The van der Waals surface area contributed by atoms with Crippen molar-refractivity contribution >= 4 is 44.9 Å². The van der Waals surface area contributed by atoms with Gasteiger partial charge in [-0.05, 0) is 29.7 Å². The van der Waals surface area contributed by atoms with E-state index in [1.165, 1.54) is 0 Å². The minimum Gasteiger partial charge on any atom is -0.497 e. The van der Waals surface area contributed by atoms with E-state index in [4.69, 9.17) is 9.72 Å². The summed E-state index contributed by atoms with van der Waals surface area (Å²) < 4.78 is 20.5. The van der Waals surface area contributed by atoms with Crippen molar-refractivity contribution < 1.29 is 9.30 Å². The van der Waals surface area contributed by atoms with Gasteiger partial charge in [-0.1, -0.05) is 78.9 Å². The van der Waals surface area contributed by atoms with E-state index in [1.807, 2.05) is 97.1 Å². The summed E-state index contributed by atoms with van der Waals surface area (Å²) in [7, 11) is -1.58.